The molecular weight excluding hydrogens is 695 g/mol. The van der Waals surface area contributed by atoms with Crippen molar-refractivity contribution >= 4 is 23.3 Å². The molecule has 2 N–H and O–H groups in total. The number of aromatic nitrogens is 4. The van der Waals surface area contributed by atoms with E-state index in [9.17, 15) is 9.59 Å². The molecule has 2 aromatic heterocycles. The first-order valence-electron chi connectivity index (χ1n) is 21.3. The highest BCUT2D eigenvalue weighted by molar-refractivity contribution is 5.78. The normalized spacial score (nSPS) is 18.9. The molecule has 1 aliphatic carbocycles. The van der Waals surface area contributed by atoms with Crippen molar-refractivity contribution in [3.8, 4) is 0 Å². The summed E-state index contributed by atoms with van der Waals surface area (Å²) in [6.07, 6.45) is 15.0. The summed E-state index contributed by atoms with van der Waals surface area (Å²) in [7, 11) is 0. The first-order valence-corrected chi connectivity index (χ1v) is 21.3. The Morgan fingerprint density at radius 3 is 2.13 bits per heavy atom. The van der Waals surface area contributed by atoms with Crippen LogP contribution in [0.2, 0.25) is 0 Å². The highest BCUT2D eigenvalue weighted by Gasteiger charge is 2.23. The number of nitrogens with one attached hydrogen (secondary N) is 2. The molecule has 1 aromatic carbocycles. The van der Waals surface area contributed by atoms with Gasteiger partial charge in [-0.05, 0) is 43.4 Å². The number of piperazine rings is 1. The number of benzene rings is 1. The maximum absolute atomic E-state index is 12.9. The van der Waals surface area contributed by atoms with Crippen molar-refractivity contribution in [1.29, 1.82) is 0 Å². The van der Waals surface area contributed by atoms with Crippen molar-refractivity contribution in [1.82, 2.24) is 40.2 Å². The largest absolute Gasteiger partial charge is 0.378 e. The number of carbonyl (C=O) groups excluding carboxylic acids is 2. The van der Waals surface area contributed by atoms with Crippen LogP contribution < -0.4 is 15.5 Å². The van der Waals surface area contributed by atoms with Gasteiger partial charge in [-0.25, -0.2) is 0 Å². The number of fused-ring (bicyclic) bond motifs is 1. The van der Waals surface area contributed by atoms with Crippen LogP contribution in [0.4, 0.5) is 5.82 Å². The lowest BCUT2D eigenvalue weighted by molar-refractivity contribution is -0.126. The molecule has 13 nitrogen and oxygen atoms in total. The molecule has 4 heterocycles. The summed E-state index contributed by atoms with van der Waals surface area (Å²) in [4.78, 5) is 32.8. The second-order valence-electron chi connectivity index (χ2n) is 15.6. The van der Waals surface area contributed by atoms with Crippen LogP contribution in [0.3, 0.4) is 0 Å². The summed E-state index contributed by atoms with van der Waals surface area (Å²) >= 11 is 0. The Morgan fingerprint density at radius 1 is 0.709 bits per heavy atom. The number of likely N-dealkylation sites (tertiary alicyclic amines) is 1. The van der Waals surface area contributed by atoms with Gasteiger partial charge in [-0.3, -0.25) is 19.4 Å². The lowest BCUT2D eigenvalue weighted by atomic mass is 9.94. The van der Waals surface area contributed by atoms with Gasteiger partial charge < -0.3 is 25.0 Å². The van der Waals surface area contributed by atoms with Crippen LogP contribution in [0.15, 0.2) is 42.5 Å². The summed E-state index contributed by atoms with van der Waals surface area (Å²) in [5.41, 5.74) is 2.03. The third-order valence-corrected chi connectivity index (χ3v) is 11.5. The summed E-state index contributed by atoms with van der Waals surface area (Å²) in [5.74, 6) is 2.03. The molecule has 55 heavy (non-hydrogen) atoms. The smallest absolute Gasteiger partial charge is 0.223 e. The van der Waals surface area contributed by atoms with Crippen molar-refractivity contribution in [3.63, 3.8) is 0 Å². The lowest BCUT2D eigenvalue weighted by Crippen LogP contribution is -2.47. The Hall–Kier alpha value is -3.65. The second kappa shape index (κ2) is 22.8. The average molecular weight is 760 g/mol. The molecule has 0 radical (unpaired) electrons. The Labute approximate surface area is 327 Å². The van der Waals surface area contributed by atoms with Gasteiger partial charge in [0.15, 0.2) is 11.5 Å². The van der Waals surface area contributed by atoms with E-state index in [2.05, 4.69) is 65.9 Å². The minimum absolute atomic E-state index is 0.0587. The van der Waals surface area contributed by atoms with Gasteiger partial charge in [0.2, 0.25) is 11.8 Å². The quantitative estimate of drug-likeness (QED) is 0.188. The minimum Gasteiger partial charge on any atom is -0.378 e. The van der Waals surface area contributed by atoms with E-state index in [1.54, 1.807) is 4.52 Å². The third kappa shape index (κ3) is 13.8. The van der Waals surface area contributed by atoms with E-state index in [1.165, 1.54) is 56.9 Å². The van der Waals surface area contributed by atoms with E-state index < -0.39 is 0 Å². The molecule has 302 valence electrons. The summed E-state index contributed by atoms with van der Waals surface area (Å²) in [6.45, 7) is 10.3. The van der Waals surface area contributed by atoms with Gasteiger partial charge in [-0.15, -0.1) is 15.3 Å². The Bertz CT molecular complexity index is 1540. The number of carbonyl (C=O) groups is 2. The zero-order valence-electron chi connectivity index (χ0n) is 33.1. The zero-order chi connectivity index (χ0) is 37.9. The van der Waals surface area contributed by atoms with Gasteiger partial charge in [0, 0.05) is 83.7 Å². The fraction of sp³-hybridized carbons (Fsp3) is 0.690. The molecule has 0 spiro atoms. The SMILES string of the molecule is O=C(CCc1nnc2ccc(N3CCN(CCOCCOCCNC(=O)C4CCCCCCCCCC4)CC3)nn12)NC1CCN(Cc2ccccc2)CC1. The number of rotatable bonds is 17. The van der Waals surface area contributed by atoms with Crippen LogP contribution in [-0.2, 0) is 32.0 Å². The third-order valence-electron chi connectivity index (χ3n) is 11.5. The zero-order valence-corrected chi connectivity index (χ0v) is 33.1. The van der Waals surface area contributed by atoms with Gasteiger partial charge >= 0.3 is 0 Å². The van der Waals surface area contributed by atoms with Crippen LogP contribution in [0.5, 0.6) is 0 Å². The molecule has 0 atom stereocenters. The van der Waals surface area contributed by atoms with Crippen LogP contribution in [0, 0.1) is 5.92 Å². The van der Waals surface area contributed by atoms with E-state index in [-0.39, 0.29) is 23.8 Å². The highest BCUT2D eigenvalue weighted by Crippen LogP contribution is 2.22. The van der Waals surface area contributed by atoms with Gasteiger partial charge in [-0.2, -0.15) is 4.52 Å². The van der Waals surface area contributed by atoms with E-state index >= 15 is 0 Å². The maximum Gasteiger partial charge on any atom is 0.223 e. The second-order valence-corrected chi connectivity index (χ2v) is 15.6. The predicted octanol–water partition coefficient (Wildman–Crippen LogP) is 4.64. The fourth-order valence-electron chi connectivity index (χ4n) is 8.11. The first kappa shape index (κ1) is 41.0. The first-order chi connectivity index (χ1) is 27.1. The van der Waals surface area contributed by atoms with Crippen molar-refractivity contribution in [2.45, 2.75) is 102 Å². The molecule has 2 saturated heterocycles. The molecule has 0 unspecified atom stereocenters. The molecule has 3 aromatic rings. The van der Waals surface area contributed by atoms with E-state index in [0.29, 0.717) is 57.3 Å². The van der Waals surface area contributed by atoms with Gasteiger partial charge in [0.05, 0.1) is 26.4 Å². The molecule has 1 saturated carbocycles. The lowest BCUT2D eigenvalue weighted by Gasteiger charge is -2.35. The summed E-state index contributed by atoms with van der Waals surface area (Å²) in [6, 6.07) is 14.8. The van der Waals surface area contributed by atoms with Crippen molar-refractivity contribution in [2.75, 3.05) is 83.7 Å². The molecule has 2 amide bonds. The monoisotopic (exact) mass is 760 g/mol. The van der Waals surface area contributed by atoms with E-state index in [1.807, 2.05) is 12.1 Å². The molecular formula is C42H65N9O4. The molecule has 6 rings (SSSR count). The number of anilines is 1. The van der Waals surface area contributed by atoms with Crippen LogP contribution >= 0.6 is 0 Å². The minimum atomic E-state index is 0.0587. The highest BCUT2D eigenvalue weighted by atomic mass is 16.5. The summed E-state index contributed by atoms with van der Waals surface area (Å²) < 4.78 is 13.4. The molecule has 3 fully saturated rings. The van der Waals surface area contributed by atoms with Gasteiger partial charge in [0.1, 0.15) is 5.82 Å². The molecule has 0 bridgehead atoms. The fourth-order valence-corrected chi connectivity index (χ4v) is 8.11. The van der Waals surface area contributed by atoms with E-state index in [0.717, 1.165) is 83.9 Å². The Kier molecular flexibility index (Phi) is 17.0. The number of ether oxygens (including phenoxy) is 2. The number of aryl methyl sites for hydroxylation is 1. The van der Waals surface area contributed by atoms with Crippen LogP contribution in [0.1, 0.15) is 94.9 Å². The van der Waals surface area contributed by atoms with Crippen LogP contribution in [-0.4, -0.2) is 126 Å². The topological polar surface area (TPSA) is 129 Å². The van der Waals surface area contributed by atoms with Gasteiger partial charge in [-0.1, -0.05) is 81.7 Å². The van der Waals surface area contributed by atoms with Gasteiger partial charge in [0.25, 0.3) is 0 Å². The standard InChI is InChI=1S/C42H65N9O4/c52-41(44-37-20-23-49(24-21-37)34-35-12-8-7-9-13-35)19-18-39-46-45-38-16-17-40(47-51(38)39)50-27-25-48(26-28-50)29-31-55-33-32-54-30-22-43-42(53)36-14-10-5-3-1-2-4-6-11-15-36/h7-9,12-13,16-17,36-37H,1-6,10-11,14-15,18-34H2,(H,43,53)(H,44,52). The van der Waals surface area contributed by atoms with Crippen LogP contribution in [0.25, 0.3) is 5.65 Å². The number of hydrogen-bond acceptors (Lipinski definition) is 10. The van der Waals surface area contributed by atoms with Crippen molar-refractivity contribution in [2.24, 2.45) is 5.92 Å². The Balaban J connectivity index is 0.809. The summed E-state index contributed by atoms with van der Waals surface area (Å²) in [5, 5.41) is 19.9. The van der Waals surface area contributed by atoms with E-state index in [4.69, 9.17) is 14.6 Å². The number of nitrogens with zero attached hydrogens (tertiary/aromatic N) is 7. The number of hydrogen-bond donors (Lipinski definition) is 2. The average Bonchev–Trinajstić information content (AvgIpc) is 3.60. The maximum atomic E-state index is 12.9. The predicted molar refractivity (Wildman–Crippen MR) is 215 cm³/mol. The molecule has 3 aliphatic rings. The number of amides is 2. The van der Waals surface area contributed by atoms with Crippen molar-refractivity contribution < 1.29 is 19.1 Å². The Morgan fingerprint density at radius 2 is 1.40 bits per heavy atom. The van der Waals surface area contributed by atoms with Crippen molar-refractivity contribution in [3.05, 3.63) is 53.9 Å². The molecule has 2 aliphatic heterocycles. The number of piperidine rings is 1. The molecule has 13 heteroatoms.